The highest BCUT2D eigenvalue weighted by Crippen LogP contribution is 2.34. The first kappa shape index (κ1) is 18.4. The van der Waals surface area contributed by atoms with Crippen LogP contribution in [0.1, 0.15) is 31.2 Å². The fourth-order valence-corrected chi connectivity index (χ4v) is 4.96. The van der Waals surface area contributed by atoms with E-state index in [2.05, 4.69) is 34.3 Å². The number of anilines is 1. The Balaban J connectivity index is 1.48. The van der Waals surface area contributed by atoms with Gasteiger partial charge in [-0.2, -0.15) is 0 Å². The van der Waals surface area contributed by atoms with Gasteiger partial charge >= 0.3 is 0 Å². The summed E-state index contributed by atoms with van der Waals surface area (Å²) in [4.78, 5) is 35.1. The van der Waals surface area contributed by atoms with E-state index in [1.807, 2.05) is 17.5 Å². The van der Waals surface area contributed by atoms with Crippen LogP contribution in [0.25, 0.3) is 21.3 Å². The Kier molecular flexibility index (Phi) is 4.62. The second-order valence-electron chi connectivity index (χ2n) is 8.10. The molecule has 1 aliphatic heterocycles. The van der Waals surface area contributed by atoms with Crippen molar-refractivity contribution >= 4 is 33.4 Å². The summed E-state index contributed by atoms with van der Waals surface area (Å²) >= 11 is 1.43. The number of aromatic amines is 1. The molecule has 2 fully saturated rings. The molecule has 2 N–H and O–H groups in total. The number of benzene rings is 1. The monoisotopic (exact) mass is 408 g/mol. The van der Waals surface area contributed by atoms with E-state index in [9.17, 15) is 9.59 Å². The van der Waals surface area contributed by atoms with Gasteiger partial charge in [0, 0.05) is 30.1 Å². The number of hydrogen-bond acceptors (Lipinski definition) is 5. The summed E-state index contributed by atoms with van der Waals surface area (Å²) in [5, 5.41) is 5.13. The van der Waals surface area contributed by atoms with Crippen molar-refractivity contribution in [2.45, 2.75) is 38.6 Å². The number of amides is 1. The highest BCUT2D eigenvalue weighted by molar-refractivity contribution is 7.17. The van der Waals surface area contributed by atoms with E-state index in [0.717, 1.165) is 54.4 Å². The van der Waals surface area contributed by atoms with Crippen LogP contribution in [0, 0.1) is 12.8 Å². The summed E-state index contributed by atoms with van der Waals surface area (Å²) in [5.41, 5.74) is 3.89. The highest BCUT2D eigenvalue weighted by Gasteiger charge is 2.31. The van der Waals surface area contributed by atoms with Crippen LogP contribution in [0.5, 0.6) is 0 Å². The second kappa shape index (κ2) is 7.30. The number of aromatic nitrogens is 2. The van der Waals surface area contributed by atoms with Crippen LogP contribution in [0.4, 0.5) is 5.95 Å². The van der Waals surface area contributed by atoms with Crippen molar-refractivity contribution < 1.29 is 4.79 Å². The smallest absolute Gasteiger partial charge is 0.270 e. The van der Waals surface area contributed by atoms with Crippen molar-refractivity contribution in [2.24, 2.45) is 5.92 Å². The van der Waals surface area contributed by atoms with Gasteiger partial charge in [0.25, 0.3) is 5.56 Å². The molecule has 1 atom stereocenters. The lowest BCUT2D eigenvalue weighted by Crippen LogP contribution is -2.44. The molecule has 5 rings (SSSR count). The van der Waals surface area contributed by atoms with Crippen LogP contribution >= 0.6 is 11.3 Å². The second-order valence-corrected chi connectivity index (χ2v) is 8.98. The molecule has 1 aliphatic carbocycles. The zero-order valence-corrected chi connectivity index (χ0v) is 17.2. The van der Waals surface area contributed by atoms with Gasteiger partial charge in [-0.05, 0) is 43.7 Å². The van der Waals surface area contributed by atoms with Crippen LogP contribution in [-0.4, -0.2) is 35.0 Å². The van der Waals surface area contributed by atoms with E-state index in [-0.39, 0.29) is 17.4 Å². The number of rotatable bonds is 4. The van der Waals surface area contributed by atoms with Gasteiger partial charge in [0.05, 0.1) is 11.4 Å². The minimum Gasteiger partial charge on any atom is -0.353 e. The Labute approximate surface area is 173 Å². The fourth-order valence-electron chi connectivity index (χ4n) is 4.06. The quantitative estimate of drug-likeness (QED) is 0.693. The van der Waals surface area contributed by atoms with Crippen LogP contribution in [0.15, 0.2) is 34.4 Å². The Morgan fingerprint density at radius 2 is 2.07 bits per heavy atom. The molecule has 2 aromatic heterocycles. The van der Waals surface area contributed by atoms with E-state index in [1.165, 1.54) is 11.3 Å². The maximum absolute atomic E-state index is 12.7. The van der Waals surface area contributed by atoms with Crippen molar-refractivity contribution in [3.05, 3.63) is 45.6 Å². The zero-order valence-electron chi connectivity index (χ0n) is 16.4. The van der Waals surface area contributed by atoms with Gasteiger partial charge in [-0.25, -0.2) is 4.98 Å². The van der Waals surface area contributed by atoms with Crippen LogP contribution in [0.2, 0.25) is 0 Å². The first-order chi connectivity index (χ1) is 14.1. The average Bonchev–Trinajstić information content (AvgIpc) is 3.44. The molecule has 6 nitrogen and oxygen atoms in total. The summed E-state index contributed by atoms with van der Waals surface area (Å²) in [6, 6.07) is 8.53. The third kappa shape index (κ3) is 3.55. The molecule has 1 saturated carbocycles. The third-order valence-electron chi connectivity index (χ3n) is 5.86. The molecule has 150 valence electrons. The fraction of sp³-hybridized carbons (Fsp3) is 0.409. The number of thiophene rings is 1. The SMILES string of the molecule is Cc1ccccc1-c1csc2c(=O)[nH]c(N3CCC[C@H](C(=O)NC4CC4)C3)nc12. The molecule has 7 heteroatoms. The molecule has 1 amide bonds. The minimum atomic E-state index is -0.112. The number of aryl methyl sites for hydroxylation is 1. The zero-order chi connectivity index (χ0) is 20.0. The number of piperidine rings is 1. The Morgan fingerprint density at radius 1 is 1.24 bits per heavy atom. The predicted octanol–water partition coefficient (Wildman–Crippen LogP) is 3.46. The molecule has 1 aromatic carbocycles. The summed E-state index contributed by atoms with van der Waals surface area (Å²) in [6.07, 6.45) is 3.98. The number of carbonyl (C=O) groups is 1. The number of nitrogens with zero attached hydrogens (tertiary/aromatic N) is 2. The molecule has 0 bridgehead atoms. The summed E-state index contributed by atoms with van der Waals surface area (Å²) < 4.78 is 0.645. The van der Waals surface area contributed by atoms with E-state index >= 15 is 0 Å². The first-order valence-electron chi connectivity index (χ1n) is 10.2. The average molecular weight is 409 g/mol. The van der Waals surface area contributed by atoms with Crippen LogP contribution in [-0.2, 0) is 4.79 Å². The van der Waals surface area contributed by atoms with Crippen molar-refractivity contribution in [3.63, 3.8) is 0 Å². The van der Waals surface area contributed by atoms with Crippen molar-refractivity contribution in [1.29, 1.82) is 0 Å². The van der Waals surface area contributed by atoms with E-state index in [0.29, 0.717) is 23.2 Å². The van der Waals surface area contributed by atoms with Gasteiger partial charge in [-0.15, -0.1) is 11.3 Å². The van der Waals surface area contributed by atoms with Gasteiger partial charge < -0.3 is 10.2 Å². The Morgan fingerprint density at radius 3 is 2.86 bits per heavy atom. The molecular formula is C22H24N4O2S. The molecular weight excluding hydrogens is 384 g/mol. The van der Waals surface area contributed by atoms with Gasteiger partial charge in [0.15, 0.2) is 0 Å². The molecule has 3 aromatic rings. The van der Waals surface area contributed by atoms with E-state index in [4.69, 9.17) is 4.98 Å². The predicted molar refractivity (Wildman–Crippen MR) is 117 cm³/mol. The van der Waals surface area contributed by atoms with E-state index < -0.39 is 0 Å². The highest BCUT2D eigenvalue weighted by atomic mass is 32.1. The summed E-state index contributed by atoms with van der Waals surface area (Å²) in [5.74, 6) is 0.653. The normalized spacial score (nSPS) is 19.5. The molecule has 0 unspecified atom stereocenters. The maximum atomic E-state index is 12.7. The minimum absolute atomic E-state index is 0.0522. The van der Waals surface area contributed by atoms with Crippen molar-refractivity contribution in [3.8, 4) is 11.1 Å². The van der Waals surface area contributed by atoms with Gasteiger partial charge in [0.2, 0.25) is 11.9 Å². The number of fused-ring (bicyclic) bond motifs is 1. The third-order valence-corrected chi connectivity index (χ3v) is 6.83. The molecule has 0 radical (unpaired) electrons. The van der Waals surface area contributed by atoms with Crippen LogP contribution in [0.3, 0.4) is 0 Å². The topological polar surface area (TPSA) is 78.1 Å². The Hall–Kier alpha value is -2.67. The first-order valence-corrected chi connectivity index (χ1v) is 11.1. The number of H-pyrrole nitrogens is 1. The van der Waals surface area contributed by atoms with Gasteiger partial charge in [-0.3, -0.25) is 14.6 Å². The molecule has 3 heterocycles. The molecule has 0 spiro atoms. The summed E-state index contributed by atoms with van der Waals surface area (Å²) in [6.45, 7) is 3.46. The lowest BCUT2D eigenvalue weighted by Gasteiger charge is -2.32. The standard InChI is InChI=1S/C22H24N4O2S/c1-13-5-2-3-7-16(13)17-12-29-19-18(17)24-22(25-21(19)28)26-10-4-6-14(11-26)20(27)23-15-8-9-15/h2-3,5,7,12,14-15H,4,6,8-11H2,1H3,(H,23,27)(H,24,25,28)/t14-/m0/s1. The Bertz CT molecular complexity index is 1130. The maximum Gasteiger partial charge on any atom is 0.270 e. The largest absolute Gasteiger partial charge is 0.353 e. The van der Waals surface area contributed by atoms with Crippen molar-refractivity contribution in [1.82, 2.24) is 15.3 Å². The lowest BCUT2D eigenvalue weighted by atomic mass is 9.97. The molecule has 2 aliphatic rings. The van der Waals surface area contributed by atoms with E-state index in [1.54, 1.807) is 0 Å². The van der Waals surface area contributed by atoms with Crippen molar-refractivity contribution in [2.75, 3.05) is 18.0 Å². The summed E-state index contributed by atoms with van der Waals surface area (Å²) in [7, 11) is 0. The molecule has 29 heavy (non-hydrogen) atoms. The number of nitrogens with one attached hydrogen (secondary N) is 2. The molecule has 1 saturated heterocycles. The van der Waals surface area contributed by atoms with Gasteiger partial charge in [-0.1, -0.05) is 24.3 Å². The van der Waals surface area contributed by atoms with Crippen LogP contribution < -0.4 is 15.8 Å². The lowest BCUT2D eigenvalue weighted by molar-refractivity contribution is -0.125. The van der Waals surface area contributed by atoms with Gasteiger partial charge in [0.1, 0.15) is 4.70 Å². The number of carbonyl (C=O) groups excluding carboxylic acids is 1. The number of hydrogen-bond donors (Lipinski definition) is 2.